The minimum absolute atomic E-state index is 0.0132. The third-order valence-electron chi connectivity index (χ3n) is 4.79. The van der Waals surface area contributed by atoms with Crippen LogP contribution in [0.5, 0.6) is 0 Å². The molecule has 0 atom stereocenters. The van der Waals surface area contributed by atoms with Gasteiger partial charge in [0, 0.05) is 24.8 Å². The van der Waals surface area contributed by atoms with Crippen LogP contribution < -0.4 is 5.32 Å². The number of anilines is 1. The molecule has 31 heavy (non-hydrogen) atoms. The van der Waals surface area contributed by atoms with Gasteiger partial charge in [-0.3, -0.25) is 9.59 Å². The molecular weight excluding hydrogens is 437 g/mol. The van der Waals surface area contributed by atoms with Crippen molar-refractivity contribution in [1.82, 2.24) is 4.31 Å². The van der Waals surface area contributed by atoms with E-state index in [-0.39, 0.29) is 36.5 Å². The van der Waals surface area contributed by atoms with Crippen LogP contribution in [-0.2, 0) is 24.3 Å². The molecule has 1 amide bonds. The summed E-state index contributed by atoms with van der Waals surface area (Å²) in [6.07, 6.45) is 0.397. The highest BCUT2D eigenvalue weighted by atomic mass is 32.2. The minimum atomic E-state index is -3.80. The Morgan fingerprint density at radius 2 is 1.65 bits per heavy atom. The van der Waals surface area contributed by atoms with Gasteiger partial charge in [-0.15, -0.1) is 0 Å². The quantitative estimate of drug-likeness (QED) is 0.675. The lowest BCUT2D eigenvalue weighted by atomic mass is 9.98. The topological polar surface area (TPSA) is 92.8 Å². The van der Waals surface area contributed by atoms with E-state index >= 15 is 0 Å². The zero-order valence-corrected chi connectivity index (χ0v) is 17.0. The first kappa shape index (κ1) is 22.8. The van der Waals surface area contributed by atoms with Crippen LogP contribution in [0.15, 0.2) is 47.4 Å². The lowest BCUT2D eigenvalue weighted by molar-refractivity contribution is -0.152. The first-order chi connectivity index (χ1) is 14.7. The van der Waals surface area contributed by atoms with E-state index in [0.29, 0.717) is 0 Å². The zero-order chi connectivity index (χ0) is 22.6. The Balaban J connectivity index is 1.48. The van der Waals surface area contributed by atoms with Gasteiger partial charge in [0.2, 0.25) is 10.0 Å². The van der Waals surface area contributed by atoms with Gasteiger partial charge in [0.15, 0.2) is 18.2 Å². The molecule has 0 aliphatic carbocycles. The molecule has 0 spiro atoms. The molecule has 0 saturated carbocycles. The number of carbonyl (C=O) groups excluding carboxylic acids is 2. The van der Waals surface area contributed by atoms with Crippen LogP contribution in [-0.4, -0.2) is 44.3 Å². The number of carbonyl (C=O) groups is 2. The van der Waals surface area contributed by atoms with E-state index in [9.17, 15) is 31.2 Å². The number of rotatable bonds is 6. The molecule has 2 aromatic carbocycles. The van der Waals surface area contributed by atoms with Gasteiger partial charge in [-0.25, -0.2) is 21.6 Å². The van der Waals surface area contributed by atoms with Crippen LogP contribution in [0, 0.1) is 23.4 Å². The molecule has 0 aromatic heterocycles. The molecule has 1 fully saturated rings. The molecule has 0 radical (unpaired) electrons. The summed E-state index contributed by atoms with van der Waals surface area (Å²) in [5.41, 5.74) is 0.0132. The first-order valence-corrected chi connectivity index (χ1v) is 10.8. The van der Waals surface area contributed by atoms with Gasteiger partial charge in [0.25, 0.3) is 5.91 Å². The molecule has 3 rings (SSSR count). The molecule has 2 aromatic rings. The molecule has 7 nitrogen and oxygen atoms in total. The van der Waals surface area contributed by atoms with Crippen molar-refractivity contribution in [2.24, 2.45) is 5.92 Å². The molecule has 0 bridgehead atoms. The first-order valence-electron chi connectivity index (χ1n) is 9.34. The van der Waals surface area contributed by atoms with Crippen molar-refractivity contribution in [2.45, 2.75) is 17.7 Å². The van der Waals surface area contributed by atoms with Crippen molar-refractivity contribution in [3.63, 3.8) is 0 Å². The maximum atomic E-state index is 13.2. The molecular formula is C20H19F3N2O5S. The number of halogens is 3. The zero-order valence-electron chi connectivity index (χ0n) is 16.2. The number of sulfonamides is 1. The fraction of sp³-hybridized carbons (Fsp3) is 0.300. The molecule has 166 valence electrons. The Hall–Kier alpha value is -2.92. The summed E-state index contributed by atoms with van der Waals surface area (Å²) >= 11 is 0. The van der Waals surface area contributed by atoms with Crippen LogP contribution in [0.2, 0.25) is 0 Å². The Morgan fingerprint density at radius 1 is 1.00 bits per heavy atom. The fourth-order valence-corrected chi connectivity index (χ4v) is 4.58. The van der Waals surface area contributed by atoms with E-state index in [2.05, 4.69) is 5.32 Å². The summed E-state index contributed by atoms with van der Waals surface area (Å²) in [6, 6.07) is 7.28. The lowest BCUT2D eigenvalue weighted by Gasteiger charge is -2.30. The van der Waals surface area contributed by atoms with E-state index in [4.69, 9.17) is 4.74 Å². The molecule has 1 aliphatic heterocycles. The number of benzene rings is 2. The summed E-state index contributed by atoms with van der Waals surface area (Å²) in [6.45, 7) is -0.479. The van der Waals surface area contributed by atoms with E-state index in [1.165, 1.54) is 16.4 Å². The van der Waals surface area contributed by atoms with E-state index in [0.717, 1.165) is 30.3 Å². The number of ether oxygens (including phenoxy) is 1. The average Bonchev–Trinajstić information content (AvgIpc) is 2.75. The van der Waals surface area contributed by atoms with Gasteiger partial charge < -0.3 is 10.1 Å². The van der Waals surface area contributed by atoms with Crippen LogP contribution in [0.25, 0.3) is 0 Å². The van der Waals surface area contributed by atoms with Crippen molar-refractivity contribution in [2.75, 3.05) is 25.0 Å². The van der Waals surface area contributed by atoms with E-state index < -0.39 is 51.9 Å². The van der Waals surface area contributed by atoms with Crippen LogP contribution in [0.3, 0.4) is 0 Å². The summed E-state index contributed by atoms with van der Waals surface area (Å²) in [7, 11) is -3.80. The number of amides is 1. The van der Waals surface area contributed by atoms with Crippen molar-refractivity contribution in [3.8, 4) is 0 Å². The van der Waals surface area contributed by atoms with Gasteiger partial charge >= 0.3 is 5.97 Å². The Morgan fingerprint density at radius 3 is 2.26 bits per heavy atom. The SMILES string of the molecule is O=C(COC(=O)C1CCN(S(=O)(=O)c2ccc(F)cc2)CC1)Nc1ccc(F)c(F)c1. The smallest absolute Gasteiger partial charge is 0.309 e. The maximum absolute atomic E-state index is 13.2. The second-order valence-electron chi connectivity index (χ2n) is 6.92. The second-order valence-corrected chi connectivity index (χ2v) is 8.85. The van der Waals surface area contributed by atoms with E-state index in [1.807, 2.05) is 0 Å². The molecule has 1 aliphatic rings. The van der Waals surface area contributed by atoms with Gasteiger partial charge in [-0.2, -0.15) is 4.31 Å². The molecule has 1 heterocycles. The standard InChI is InChI=1S/C20H19F3N2O5S/c21-14-1-4-16(5-2-14)31(28,29)25-9-7-13(8-10-25)20(27)30-12-19(26)24-15-3-6-17(22)18(23)11-15/h1-6,11,13H,7-10,12H2,(H,24,26). The number of nitrogens with zero attached hydrogens (tertiary/aromatic N) is 1. The Labute approximate surface area is 176 Å². The van der Waals surface area contributed by atoms with Gasteiger partial charge in [0.05, 0.1) is 10.8 Å². The van der Waals surface area contributed by atoms with Crippen molar-refractivity contribution in [1.29, 1.82) is 0 Å². The van der Waals surface area contributed by atoms with Crippen molar-refractivity contribution in [3.05, 3.63) is 59.9 Å². The monoisotopic (exact) mass is 456 g/mol. The fourth-order valence-electron chi connectivity index (χ4n) is 3.11. The highest BCUT2D eigenvalue weighted by Gasteiger charge is 2.33. The van der Waals surface area contributed by atoms with Gasteiger partial charge in [-0.1, -0.05) is 0 Å². The number of piperidine rings is 1. The Kier molecular flexibility index (Phi) is 6.96. The predicted molar refractivity (Wildman–Crippen MR) is 104 cm³/mol. The van der Waals surface area contributed by atoms with Crippen molar-refractivity contribution >= 4 is 27.6 Å². The van der Waals surface area contributed by atoms with Crippen molar-refractivity contribution < 1.29 is 35.9 Å². The predicted octanol–water partition coefficient (Wildman–Crippen LogP) is 2.69. The summed E-state index contributed by atoms with van der Waals surface area (Å²) in [4.78, 5) is 24.0. The van der Waals surface area contributed by atoms with Gasteiger partial charge in [-0.05, 0) is 49.2 Å². The number of esters is 1. The number of nitrogens with one attached hydrogen (secondary N) is 1. The van der Waals surface area contributed by atoms with Crippen LogP contribution in [0.4, 0.5) is 18.9 Å². The minimum Gasteiger partial charge on any atom is -0.455 e. The third kappa shape index (κ3) is 5.61. The maximum Gasteiger partial charge on any atom is 0.309 e. The van der Waals surface area contributed by atoms with E-state index in [1.54, 1.807) is 0 Å². The summed E-state index contributed by atoms with van der Waals surface area (Å²) in [5, 5.41) is 2.28. The van der Waals surface area contributed by atoms with Crippen LogP contribution >= 0.6 is 0 Å². The van der Waals surface area contributed by atoms with Gasteiger partial charge in [0.1, 0.15) is 5.82 Å². The Bertz CT molecular complexity index is 1070. The molecule has 11 heteroatoms. The molecule has 1 N–H and O–H groups in total. The third-order valence-corrected chi connectivity index (χ3v) is 6.70. The number of hydrogen-bond acceptors (Lipinski definition) is 5. The molecule has 1 saturated heterocycles. The normalized spacial score (nSPS) is 15.5. The second kappa shape index (κ2) is 9.48. The summed E-state index contributed by atoms with van der Waals surface area (Å²) < 4.78 is 70.4. The number of hydrogen-bond donors (Lipinski definition) is 1. The largest absolute Gasteiger partial charge is 0.455 e. The van der Waals surface area contributed by atoms with Crippen LogP contribution in [0.1, 0.15) is 12.8 Å². The summed E-state index contributed by atoms with van der Waals surface area (Å²) in [5.74, 6) is -4.70. The highest BCUT2D eigenvalue weighted by molar-refractivity contribution is 7.89. The average molecular weight is 456 g/mol. The molecule has 0 unspecified atom stereocenters. The highest BCUT2D eigenvalue weighted by Crippen LogP contribution is 2.25. The lowest BCUT2D eigenvalue weighted by Crippen LogP contribution is -2.40.